The fourth-order valence-corrected chi connectivity index (χ4v) is 3.90. The molecule has 0 amide bonds. The number of hydrogen-bond donors (Lipinski definition) is 3. The third kappa shape index (κ3) is 11.5. The Bertz CT molecular complexity index is 713. The van der Waals surface area contributed by atoms with Gasteiger partial charge in [0.2, 0.25) is 10.0 Å². The van der Waals surface area contributed by atoms with E-state index in [9.17, 15) is 8.42 Å². The number of aliphatic imine (C=N–C) groups is 1. The predicted octanol–water partition coefficient (Wildman–Crippen LogP) is 2.92. The van der Waals surface area contributed by atoms with Gasteiger partial charge in [-0.15, -0.1) is 24.0 Å². The molecular formula is C21H40IN5O2S. The normalized spacial score (nSPS) is 12.4. The minimum Gasteiger partial charge on any atom is -0.357 e. The Morgan fingerprint density at radius 2 is 1.60 bits per heavy atom. The predicted molar refractivity (Wildman–Crippen MR) is 138 cm³/mol. The molecular weight excluding hydrogens is 513 g/mol. The van der Waals surface area contributed by atoms with Crippen molar-refractivity contribution in [2.45, 2.75) is 65.4 Å². The molecule has 30 heavy (non-hydrogen) atoms. The lowest BCUT2D eigenvalue weighted by atomic mass is 10.1. The molecule has 0 bridgehead atoms. The van der Waals surface area contributed by atoms with Crippen LogP contribution in [0.5, 0.6) is 0 Å². The van der Waals surface area contributed by atoms with Crippen LogP contribution in [-0.4, -0.2) is 58.0 Å². The van der Waals surface area contributed by atoms with Gasteiger partial charge < -0.3 is 10.6 Å². The number of benzene rings is 1. The highest BCUT2D eigenvalue weighted by atomic mass is 127. The molecule has 0 aliphatic heterocycles. The van der Waals surface area contributed by atoms with Crippen molar-refractivity contribution >= 4 is 40.0 Å². The van der Waals surface area contributed by atoms with Crippen LogP contribution in [0.1, 0.15) is 52.2 Å². The van der Waals surface area contributed by atoms with Crippen molar-refractivity contribution in [3.8, 4) is 0 Å². The lowest BCUT2D eigenvalue weighted by molar-refractivity contribution is 0.173. The van der Waals surface area contributed by atoms with E-state index in [1.807, 2.05) is 31.2 Å². The SMILES string of the molecule is CCNC(=NCc1ccc(CS(=O)(=O)NC)cc1)NCCCN(C(C)C)C(C)C.I. The standard InChI is InChI=1S/C21H39N5O2S.HI/c1-7-23-21(24-13-8-14-26(17(2)3)18(4)5)25-15-19-9-11-20(12-10-19)16-29(27,28)22-6;/h9-12,17-18,22H,7-8,13-16H2,1-6H3,(H2,23,24,25);1H. The first-order valence-electron chi connectivity index (χ1n) is 10.5. The summed E-state index contributed by atoms with van der Waals surface area (Å²) in [6.07, 6.45) is 1.05. The van der Waals surface area contributed by atoms with Crippen molar-refractivity contribution in [1.29, 1.82) is 0 Å². The van der Waals surface area contributed by atoms with Crippen molar-refractivity contribution in [2.24, 2.45) is 4.99 Å². The number of guanidine groups is 1. The van der Waals surface area contributed by atoms with Crippen molar-refractivity contribution in [3.63, 3.8) is 0 Å². The Hall–Kier alpha value is -0.910. The molecule has 3 N–H and O–H groups in total. The quantitative estimate of drug-likeness (QED) is 0.161. The molecule has 1 aromatic rings. The highest BCUT2D eigenvalue weighted by Crippen LogP contribution is 2.09. The smallest absolute Gasteiger partial charge is 0.215 e. The maximum Gasteiger partial charge on any atom is 0.215 e. The molecule has 0 unspecified atom stereocenters. The Morgan fingerprint density at radius 3 is 2.10 bits per heavy atom. The molecule has 0 saturated carbocycles. The second-order valence-electron chi connectivity index (χ2n) is 7.68. The summed E-state index contributed by atoms with van der Waals surface area (Å²) in [5.74, 6) is 0.788. The van der Waals surface area contributed by atoms with Crippen LogP contribution in [0.4, 0.5) is 0 Å². The Balaban J connectivity index is 0.00000841. The molecule has 174 valence electrons. The maximum absolute atomic E-state index is 11.6. The van der Waals surface area contributed by atoms with E-state index in [1.165, 1.54) is 7.05 Å². The Kier molecular flexibility index (Phi) is 14.5. The van der Waals surface area contributed by atoms with E-state index in [1.54, 1.807) is 0 Å². The number of nitrogens with zero attached hydrogens (tertiary/aromatic N) is 2. The third-order valence-electron chi connectivity index (χ3n) is 4.67. The van der Waals surface area contributed by atoms with Crippen LogP contribution in [0.3, 0.4) is 0 Å². The van der Waals surface area contributed by atoms with Gasteiger partial charge >= 0.3 is 0 Å². The van der Waals surface area contributed by atoms with E-state index in [0.29, 0.717) is 18.6 Å². The van der Waals surface area contributed by atoms with Gasteiger partial charge in [-0.25, -0.2) is 18.1 Å². The van der Waals surface area contributed by atoms with Gasteiger partial charge in [-0.2, -0.15) is 0 Å². The van der Waals surface area contributed by atoms with Crippen LogP contribution in [0.25, 0.3) is 0 Å². The Labute approximate surface area is 200 Å². The molecule has 0 fully saturated rings. The number of halogens is 1. The second kappa shape index (κ2) is 15.0. The molecule has 0 heterocycles. The summed E-state index contributed by atoms with van der Waals surface area (Å²) in [5.41, 5.74) is 1.80. The second-order valence-corrected chi connectivity index (χ2v) is 9.61. The van der Waals surface area contributed by atoms with Gasteiger partial charge in [-0.1, -0.05) is 24.3 Å². The van der Waals surface area contributed by atoms with Crippen LogP contribution >= 0.6 is 24.0 Å². The zero-order chi connectivity index (χ0) is 21.9. The van der Waals surface area contributed by atoms with Crippen molar-refractivity contribution in [2.75, 3.05) is 26.7 Å². The molecule has 0 aliphatic carbocycles. The van der Waals surface area contributed by atoms with Gasteiger partial charge in [-0.3, -0.25) is 4.90 Å². The fourth-order valence-electron chi connectivity index (χ4n) is 3.13. The average Bonchev–Trinajstić information content (AvgIpc) is 2.66. The molecule has 0 spiro atoms. The van der Waals surface area contributed by atoms with Crippen molar-refractivity contribution < 1.29 is 8.42 Å². The number of rotatable bonds is 12. The van der Waals surface area contributed by atoms with Crippen LogP contribution < -0.4 is 15.4 Å². The first-order chi connectivity index (χ1) is 13.7. The largest absolute Gasteiger partial charge is 0.357 e. The number of sulfonamides is 1. The first kappa shape index (κ1) is 29.1. The highest BCUT2D eigenvalue weighted by molar-refractivity contribution is 14.0. The molecule has 0 aromatic heterocycles. The van der Waals surface area contributed by atoms with Gasteiger partial charge in [0.1, 0.15) is 0 Å². The van der Waals surface area contributed by atoms with Crippen LogP contribution in [0.15, 0.2) is 29.3 Å². The van der Waals surface area contributed by atoms with Gasteiger partial charge in [0.15, 0.2) is 5.96 Å². The summed E-state index contributed by atoms with van der Waals surface area (Å²) < 4.78 is 25.6. The molecule has 9 heteroatoms. The highest BCUT2D eigenvalue weighted by Gasteiger charge is 2.12. The number of hydrogen-bond acceptors (Lipinski definition) is 4. The topological polar surface area (TPSA) is 85.8 Å². The molecule has 7 nitrogen and oxygen atoms in total. The van der Waals surface area contributed by atoms with E-state index in [2.05, 4.69) is 52.9 Å². The molecule has 1 aromatic carbocycles. The van der Waals surface area contributed by atoms with Crippen LogP contribution in [0.2, 0.25) is 0 Å². The monoisotopic (exact) mass is 553 g/mol. The molecule has 0 radical (unpaired) electrons. The minimum atomic E-state index is -3.25. The van der Waals surface area contributed by atoms with E-state index in [4.69, 9.17) is 0 Å². The molecule has 0 atom stereocenters. The van der Waals surface area contributed by atoms with Gasteiger partial charge in [-0.05, 0) is 59.2 Å². The van der Waals surface area contributed by atoms with Gasteiger partial charge in [0, 0.05) is 31.7 Å². The van der Waals surface area contributed by atoms with Crippen LogP contribution in [-0.2, 0) is 22.3 Å². The van der Waals surface area contributed by atoms with Gasteiger partial charge in [0.05, 0.1) is 12.3 Å². The lowest BCUT2D eigenvalue weighted by Gasteiger charge is -2.30. The fraction of sp³-hybridized carbons (Fsp3) is 0.667. The summed E-state index contributed by atoms with van der Waals surface area (Å²) in [5, 5.41) is 6.67. The van der Waals surface area contributed by atoms with Crippen LogP contribution in [0, 0.1) is 0 Å². The third-order valence-corrected chi connectivity index (χ3v) is 6.00. The lowest BCUT2D eigenvalue weighted by Crippen LogP contribution is -2.41. The van der Waals surface area contributed by atoms with Crippen molar-refractivity contribution in [1.82, 2.24) is 20.3 Å². The zero-order valence-electron chi connectivity index (χ0n) is 19.2. The molecule has 0 aliphatic rings. The van der Waals surface area contributed by atoms with E-state index in [-0.39, 0.29) is 29.7 Å². The van der Waals surface area contributed by atoms with E-state index < -0.39 is 10.0 Å². The summed E-state index contributed by atoms with van der Waals surface area (Å²) in [7, 11) is -1.82. The summed E-state index contributed by atoms with van der Waals surface area (Å²) in [6, 6.07) is 8.62. The van der Waals surface area contributed by atoms with Crippen molar-refractivity contribution in [3.05, 3.63) is 35.4 Å². The summed E-state index contributed by atoms with van der Waals surface area (Å²) >= 11 is 0. The maximum atomic E-state index is 11.6. The summed E-state index contributed by atoms with van der Waals surface area (Å²) in [4.78, 5) is 7.13. The number of nitrogens with one attached hydrogen (secondary N) is 3. The minimum absolute atomic E-state index is 0. The van der Waals surface area contributed by atoms with Gasteiger partial charge in [0.25, 0.3) is 0 Å². The molecule has 1 rings (SSSR count). The average molecular weight is 554 g/mol. The van der Waals surface area contributed by atoms with E-state index in [0.717, 1.165) is 43.1 Å². The molecule has 0 saturated heterocycles. The Morgan fingerprint density at radius 1 is 1.03 bits per heavy atom. The zero-order valence-corrected chi connectivity index (χ0v) is 22.4. The van der Waals surface area contributed by atoms with E-state index >= 15 is 0 Å². The summed E-state index contributed by atoms with van der Waals surface area (Å²) in [6.45, 7) is 14.2. The first-order valence-corrected chi connectivity index (χ1v) is 12.1.